The molecule has 3 nitrogen and oxygen atoms in total. The zero-order chi connectivity index (χ0) is 15.4. The Morgan fingerprint density at radius 2 is 2.10 bits per heavy atom. The van der Waals surface area contributed by atoms with Gasteiger partial charge in [-0.3, -0.25) is 4.79 Å². The van der Waals surface area contributed by atoms with Crippen LogP contribution in [0.2, 0.25) is 5.02 Å². The fourth-order valence-corrected chi connectivity index (χ4v) is 2.69. The van der Waals surface area contributed by atoms with Crippen LogP contribution in [-0.2, 0) is 4.79 Å². The fourth-order valence-electron chi connectivity index (χ4n) is 1.69. The Hall–Kier alpha value is -1.72. The maximum atomic E-state index is 13.6. The smallest absolute Gasteiger partial charge is 0.234 e. The third-order valence-corrected chi connectivity index (χ3v) is 4.07. The summed E-state index contributed by atoms with van der Waals surface area (Å²) in [4.78, 5) is 12.2. The standard InChI is InChI=1S/C15H14ClFN2OS/c1-9-2-4-13(11(16)6-9)19-15(20)8-21-14-5-3-10(18)7-12(14)17/h2-7H,8,18H2,1H3,(H,19,20). The second kappa shape index (κ2) is 6.83. The number of nitrogens with two attached hydrogens (primary N) is 1. The molecule has 0 aliphatic rings. The Morgan fingerprint density at radius 3 is 2.76 bits per heavy atom. The van der Waals surface area contributed by atoms with E-state index in [-0.39, 0.29) is 11.7 Å². The summed E-state index contributed by atoms with van der Waals surface area (Å²) < 4.78 is 13.6. The molecule has 0 fully saturated rings. The second-order valence-corrected chi connectivity index (χ2v) is 5.93. The van der Waals surface area contributed by atoms with Gasteiger partial charge in [0.1, 0.15) is 5.82 Å². The predicted octanol–water partition coefficient (Wildman–Crippen LogP) is 4.10. The molecule has 0 saturated heterocycles. The van der Waals surface area contributed by atoms with Crippen LogP contribution < -0.4 is 11.1 Å². The third kappa shape index (κ3) is 4.37. The minimum absolute atomic E-state index is 0.0883. The van der Waals surface area contributed by atoms with E-state index >= 15 is 0 Å². The highest BCUT2D eigenvalue weighted by Crippen LogP contribution is 2.25. The Kier molecular flexibility index (Phi) is 5.09. The summed E-state index contributed by atoms with van der Waals surface area (Å²) in [6.45, 7) is 1.91. The number of anilines is 2. The van der Waals surface area contributed by atoms with Gasteiger partial charge in [-0.2, -0.15) is 0 Å². The number of nitrogen functional groups attached to an aromatic ring is 1. The van der Waals surface area contributed by atoms with Crippen LogP contribution in [0.3, 0.4) is 0 Å². The molecule has 3 N–H and O–H groups in total. The molecular weight excluding hydrogens is 311 g/mol. The average Bonchev–Trinajstić information content (AvgIpc) is 2.41. The number of thioether (sulfide) groups is 1. The van der Waals surface area contributed by atoms with E-state index in [2.05, 4.69) is 5.32 Å². The molecule has 2 aromatic rings. The van der Waals surface area contributed by atoms with Crippen LogP contribution in [0.25, 0.3) is 0 Å². The molecule has 2 rings (SSSR count). The van der Waals surface area contributed by atoms with Crippen molar-refractivity contribution in [2.75, 3.05) is 16.8 Å². The van der Waals surface area contributed by atoms with Crippen LogP contribution in [-0.4, -0.2) is 11.7 Å². The van der Waals surface area contributed by atoms with E-state index in [9.17, 15) is 9.18 Å². The number of nitrogens with one attached hydrogen (secondary N) is 1. The molecule has 1 amide bonds. The van der Waals surface area contributed by atoms with Crippen molar-refractivity contribution in [3.05, 3.63) is 52.8 Å². The number of halogens is 2. The van der Waals surface area contributed by atoms with Gasteiger partial charge >= 0.3 is 0 Å². The Balaban J connectivity index is 1.96. The summed E-state index contributed by atoms with van der Waals surface area (Å²) in [6, 6.07) is 9.75. The first kappa shape index (κ1) is 15.7. The number of hydrogen-bond donors (Lipinski definition) is 2. The van der Waals surface area contributed by atoms with Gasteiger partial charge in [-0.15, -0.1) is 11.8 Å². The minimum atomic E-state index is -0.429. The second-order valence-electron chi connectivity index (χ2n) is 4.51. The largest absolute Gasteiger partial charge is 0.399 e. The first-order valence-electron chi connectivity index (χ1n) is 6.19. The highest BCUT2D eigenvalue weighted by Gasteiger charge is 2.09. The van der Waals surface area contributed by atoms with Crippen LogP contribution in [0.5, 0.6) is 0 Å². The molecule has 0 radical (unpaired) electrons. The third-order valence-electron chi connectivity index (χ3n) is 2.71. The topological polar surface area (TPSA) is 55.1 Å². The van der Waals surface area contributed by atoms with Crippen molar-refractivity contribution < 1.29 is 9.18 Å². The van der Waals surface area contributed by atoms with E-state index in [4.69, 9.17) is 17.3 Å². The quantitative estimate of drug-likeness (QED) is 0.657. The number of rotatable bonds is 4. The lowest BCUT2D eigenvalue weighted by Gasteiger charge is -2.08. The van der Waals surface area contributed by atoms with Gasteiger partial charge in [-0.1, -0.05) is 17.7 Å². The van der Waals surface area contributed by atoms with Crippen LogP contribution >= 0.6 is 23.4 Å². The SMILES string of the molecule is Cc1ccc(NC(=O)CSc2ccc(N)cc2F)c(Cl)c1. The van der Waals surface area contributed by atoms with E-state index in [1.165, 1.54) is 6.07 Å². The van der Waals surface area contributed by atoms with Gasteiger partial charge in [0.25, 0.3) is 0 Å². The van der Waals surface area contributed by atoms with Crippen molar-refractivity contribution in [2.24, 2.45) is 0 Å². The van der Waals surface area contributed by atoms with Gasteiger partial charge in [0, 0.05) is 10.6 Å². The van der Waals surface area contributed by atoms with Gasteiger partial charge < -0.3 is 11.1 Å². The number of carbonyl (C=O) groups is 1. The van der Waals surface area contributed by atoms with Crippen molar-refractivity contribution in [3.8, 4) is 0 Å². The van der Waals surface area contributed by atoms with Gasteiger partial charge in [0.15, 0.2) is 0 Å². The van der Waals surface area contributed by atoms with Crippen molar-refractivity contribution in [1.29, 1.82) is 0 Å². The highest BCUT2D eigenvalue weighted by atomic mass is 35.5. The molecule has 110 valence electrons. The van der Waals surface area contributed by atoms with Crippen LogP contribution in [0.1, 0.15) is 5.56 Å². The molecule has 0 aliphatic carbocycles. The number of aryl methyl sites for hydroxylation is 1. The first-order valence-corrected chi connectivity index (χ1v) is 7.56. The lowest BCUT2D eigenvalue weighted by atomic mass is 10.2. The molecule has 0 heterocycles. The van der Waals surface area contributed by atoms with Crippen molar-refractivity contribution in [1.82, 2.24) is 0 Å². The average molecular weight is 325 g/mol. The molecule has 21 heavy (non-hydrogen) atoms. The van der Waals surface area contributed by atoms with Gasteiger partial charge in [0.05, 0.1) is 16.5 Å². The zero-order valence-corrected chi connectivity index (χ0v) is 12.9. The Bertz CT molecular complexity index is 679. The van der Waals surface area contributed by atoms with Crippen molar-refractivity contribution in [3.63, 3.8) is 0 Å². The van der Waals surface area contributed by atoms with E-state index in [0.29, 0.717) is 21.3 Å². The monoisotopic (exact) mass is 324 g/mol. The predicted molar refractivity (Wildman–Crippen MR) is 86.4 cm³/mol. The van der Waals surface area contributed by atoms with Crippen LogP contribution in [0, 0.1) is 12.7 Å². The van der Waals surface area contributed by atoms with Gasteiger partial charge in [-0.25, -0.2) is 4.39 Å². The van der Waals surface area contributed by atoms with Crippen molar-refractivity contribution in [2.45, 2.75) is 11.8 Å². The Labute approximate surface area is 131 Å². The molecular formula is C15H14ClFN2OS. The number of hydrogen-bond acceptors (Lipinski definition) is 3. The number of benzene rings is 2. The lowest BCUT2D eigenvalue weighted by molar-refractivity contribution is -0.113. The molecule has 0 bridgehead atoms. The van der Waals surface area contributed by atoms with E-state index in [1.54, 1.807) is 24.3 Å². The fraction of sp³-hybridized carbons (Fsp3) is 0.133. The summed E-state index contributed by atoms with van der Waals surface area (Å²) >= 11 is 7.14. The Morgan fingerprint density at radius 1 is 1.33 bits per heavy atom. The number of amides is 1. The molecule has 0 saturated carbocycles. The molecule has 6 heteroatoms. The first-order chi connectivity index (χ1) is 9.95. The van der Waals surface area contributed by atoms with E-state index in [1.807, 2.05) is 13.0 Å². The highest BCUT2D eigenvalue weighted by molar-refractivity contribution is 8.00. The van der Waals surface area contributed by atoms with E-state index < -0.39 is 5.82 Å². The number of carbonyl (C=O) groups excluding carboxylic acids is 1. The molecule has 0 spiro atoms. The normalized spacial score (nSPS) is 10.4. The van der Waals surface area contributed by atoms with Gasteiger partial charge in [-0.05, 0) is 42.8 Å². The minimum Gasteiger partial charge on any atom is -0.399 e. The maximum absolute atomic E-state index is 13.6. The van der Waals surface area contributed by atoms with Crippen molar-refractivity contribution >= 4 is 40.6 Å². The summed E-state index contributed by atoms with van der Waals surface area (Å²) in [5.74, 6) is -0.589. The van der Waals surface area contributed by atoms with Crippen LogP contribution in [0.15, 0.2) is 41.3 Å². The molecule has 0 unspecified atom stereocenters. The summed E-state index contributed by atoms with van der Waals surface area (Å²) in [5, 5.41) is 3.18. The molecule has 0 aliphatic heterocycles. The molecule has 2 aromatic carbocycles. The van der Waals surface area contributed by atoms with Crippen LogP contribution in [0.4, 0.5) is 15.8 Å². The van der Waals surface area contributed by atoms with Gasteiger partial charge in [0.2, 0.25) is 5.91 Å². The summed E-state index contributed by atoms with van der Waals surface area (Å²) in [5.41, 5.74) is 7.38. The lowest BCUT2D eigenvalue weighted by Crippen LogP contribution is -2.14. The zero-order valence-electron chi connectivity index (χ0n) is 11.3. The summed E-state index contributed by atoms with van der Waals surface area (Å²) in [7, 11) is 0. The van der Waals surface area contributed by atoms with E-state index in [0.717, 1.165) is 17.3 Å². The molecule has 0 atom stereocenters. The maximum Gasteiger partial charge on any atom is 0.234 e. The molecule has 0 aromatic heterocycles. The summed E-state index contributed by atoms with van der Waals surface area (Å²) in [6.07, 6.45) is 0.